The van der Waals surface area contributed by atoms with Crippen LogP contribution in [-0.4, -0.2) is 0 Å². The number of nitrogens with zero attached hydrogens (tertiary/aromatic N) is 1. The maximum absolute atomic E-state index is 6.59. The molecule has 1 aromatic heterocycles. The summed E-state index contributed by atoms with van der Waals surface area (Å²) in [5.74, 6) is 3.73. The summed E-state index contributed by atoms with van der Waals surface area (Å²) in [7, 11) is 0. The van der Waals surface area contributed by atoms with Crippen LogP contribution in [0.15, 0.2) is 28.7 Å². The number of benzene rings is 1. The SMILES string of the molecule is Cc1ccccc1-[n+]1c(C2CCCC2)oc(C2CCCC2)c1C. The van der Waals surface area contributed by atoms with E-state index >= 15 is 0 Å². The van der Waals surface area contributed by atoms with Crippen LogP contribution < -0.4 is 4.57 Å². The Morgan fingerprint density at radius 2 is 1.48 bits per heavy atom. The Labute approximate surface area is 139 Å². The van der Waals surface area contributed by atoms with Crippen molar-refractivity contribution in [3.05, 3.63) is 47.2 Å². The highest BCUT2D eigenvalue weighted by Gasteiger charge is 2.38. The van der Waals surface area contributed by atoms with Crippen molar-refractivity contribution in [2.24, 2.45) is 0 Å². The number of hydrogen-bond acceptors (Lipinski definition) is 1. The second kappa shape index (κ2) is 6.14. The average Bonchev–Trinajstić information content (AvgIpc) is 3.28. The standard InChI is InChI=1S/C21H28NO/c1-15-9-3-8-14-19(15)22-16(2)20(17-10-4-5-11-17)23-21(22)18-12-6-7-13-18/h3,8-9,14,17-18H,4-7,10-13H2,1-2H3/q+1. The highest BCUT2D eigenvalue weighted by molar-refractivity contribution is 5.33. The van der Waals surface area contributed by atoms with Gasteiger partial charge in [-0.15, -0.1) is 4.57 Å². The lowest BCUT2D eigenvalue weighted by Gasteiger charge is -2.04. The van der Waals surface area contributed by atoms with Gasteiger partial charge in [-0.05, 0) is 32.6 Å². The summed E-state index contributed by atoms with van der Waals surface area (Å²) in [6.45, 7) is 4.48. The third kappa shape index (κ3) is 2.62. The van der Waals surface area contributed by atoms with Gasteiger partial charge in [0.15, 0.2) is 5.76 Å². The Morgan fingerprint density at radius 3 is 2.13 bits per heavy atom. The smallest absolute Gasteiger partial charge is 0.356 e. The molecule has 2 nitrogen and oxygen atoms in total. The molecule has 0 spiro atoms. The molecule has 4 rings (SSSR count). The Bertz CT molecular complexity index is 688. The molecule has 1 heterocycles. The number of hydrogen-bond donors (Lipinski definition) is 0. The second-order valence-electron chi connectivity index (χ2n) is 7.47. The van der Waals surface area contributed by atoms with E-state index in [9.17, 15) is 0 Å². The largest absolute Gasteiger partial charge is 0.405 e. The zero-order valence-electron chi connectivity index (χ0n) is 14.5. The molecule has 2 aromatic rings. The lowest BCUT2D eigenvalue weighted by atomic mass is 10.0. The molecule has 2 saturated carbocycles. The first-order valence-electron chi connectivity index (χ1n) is 9.37. The van der Waals surface area contributed by atoms with Gasteiger partial charge in [-0.25, -0.2) is 0 Å². The van der Waals surface area contributed by atoms with Crippen molar-refractivity contribution in [1.29, 1.82) is 0 Å². The minimum atomic E-state index is 0.600. The molecule has 0 unspecified atom stereocenters. The van der Waals surface area contributed by atoms with Gasteiger partial charge in [-0.2, -0.15) is 0 Å². The first-order valence-corrected chi connectivity index (χ1v) is 9.37. The topological polar surface area (TPSA) is 17.0 Å². The fourth-order valence-corrected chi connectivity index (χ4v) is 4.63. The van der Waals surface area contributed by atoms with Gasteiger partial charge in [0.1, 0.15) is 0 Å². The fraction of sp³-hybridized carbons (Fsp3) is 0.571. The molecule has 0 bridgehead atoms. The molecule has 23 heavy (non-hydrogen) atoms. The van der Waals surface area contributed by atoms with Gasteiger partial charge < -0.3 is 4.42 Å². The van der Waals surface area contributed by atoms with Crippen LogP contribution in [0.1, 0.15) is 86.1 Å². The maximum Gasteiger partial charge on any atom is 0.356 e. The molecular formula is C21H28NO+. The minimum Gasteiger partial charge on any atom is -0.405 e. The normalized spacial score (nSPS) is 19.7. The van der Waals surface area contributed by atoms with Crippen molar-refractivity contribution in [2.45, 2.75) is 77.0 Å². The van der Waals surface area contributed by atoms with Crippen molar-refractivity contribution in [2.75, 3.05) is 0 Å². The highest BCUT2D eigenvalue weighted by atomic mass is 16.4. The zero-order valence-corrected chi connectivity index (χ0v) is 14.5. The average molecular weight is 310 g/mol. The molecule has 122 valence electrons. The molecule has 0 N–H and O–H groups in total. The molecule has 2 fully saturated rings. The molecule has 0 amide bonds. The molecule has 1 aromatic carbocycles. The number of oxazole rings is 1. The van der Waals surface area contributed by atoms with Crippen LogP contribution in [0.4, 0.5) is 0 Å². The van der Waals surface area contributed by atoms with Crippen molar-refractivity contribution in [3.63, 3.8) is 0 Å². The first-order chi connectivity index (χ1) is 11.3. The van der Waals surface area contributed by atoms with Crippen LogP contribution in [0, 0.1) is 13.8 Å². The summed E-state index contributed by atoms with van der Waals surface area (Å²) in [4.78, 5) is 0. The summed E-state index contributed by atoms with van der Waals surface area (Å²) in [6, 6.07) is 8.73. The summed E-state index contributed by atoms with van der Waals surface area (Å²) in [5.41, 5.74) is 3.98. The van der Waals surface area contributed by atoms with Gasteiger partial charge in [0.25, 0.3) is 0 Å². The van der Waals surface area contributed by atoms with Crippen molar-refractivity contribution < 1.29 is 8.98 Å². The predicted molar refractivity (Wildman–Crippen MR) is 92.1 cm³/mol. The molecule has 2 aliphatic rings. The zero-order chi connectivity index (χ0) is 15.8. The van der Waals surface area contributed by atoms with E-state index in [1.165, 1.54) is 80.0 Å². The van der Waals surface area contributed by atoms with E-state index in [0.29, 0.717) is 11.8 Å². The second-order valence-corrected chi connectivity index (χ2v) is 7.47. The Hall–Kier alpha value is -1.57. The van der Waals surface area contributed by atoms with Gasteiger partial charge in [-0.3, -0.25) is 0 Å². The van der Waals surface area contributed by atoms with Crippen LogP contribution in [0.2, 0.25) is 0 Å². The molecule has 2 heteroatoms. The van der Waals surface area contributed by atoms with E-state index in [1.807, 2.05) is 0 Å². The third-order valence-electron chi connectivity index (χ3n) is 5.91. The summed E-state index contributed by atoms with van der Waals surface area (Å²) in [6.07, 6.45) is 10.6. The molecule has 0 atom stereocenters. The maximum atomic E-state index is 6.59. The minimum absolute atomic E-state index is 0.600. The first kappa shape index (κ1) is 15.0. The molecule has 0 aliphatic heterocycles. The molecular weight excluding hydrogens is 282 g/mol. The third-order valence-corrected chi connectivity index (χ3v) is 5.91. The van der Waals surface area contributed by atoms with Crippen LogP contribution in [0.3, 0.4) is 0 Å². The predicted octanol–water partition coefficient (Wildman–Crippen LogP) is 5.49. The highest BCUT2D eigenvalue weighted by Crippen LogP contribution is 2.40. The van der Waals surface area contributed by atoms with E-state index in [2.05, 4.69) is 42.7 Å². The Balaban J connectivity index is 1.86. The van der Waals surface area contributed by atoms with Crippen molar-refractivity contribution in [1.82, 2.24) is 0 Å². The van der Waals surface area contributed by atoms with Crippen LogP contribution in [-0.2, 0) is 0 Å². The van der Waals surface area contributed by atoms with E-state index in [0.717, 1.165) is 0 Å². The van der Waals surface area contributed by atoms with Crippen LogP contribution >= 0.6 is 0 Å². The molecule has 0 saturated heterocycles. The summed E-state index contributed by atoms with van der Waals surface area (Å²) in [5, 5.41) is 0. The van der Waals surface area contributed by atoms with E-state index < -0.39 is 0 Å². The Morgan fingerprint density at radius 1 is 0.870 bits per heavy atom. The van der Waals surface area contributed by atoms with E-state index in [4.69, 9.17) is 4.42 Å². The van der Waals surface area contributed by atoms with Crippen LogP contribution in [0.5, 0.6) is 0 Å². The number of aryl methyl sites for hydroxylation is 1. The van der Waals surface area contributed by atoms with E-state index in [1.54, 1.807) is 0 Å². The summed E-state index contributed by atoms with van der Waals surface area (Å²) < 4.78 is 9.03. The Kier molecular flexibility index (Phi) is 4.00. The lowest BCUT2D eigenvalue weighted by molar-refractivity contribution is -0.617. The lowest BCUT2D eigenvalue weighted by Crippen LogP contribution is -2.38. The quantitative estimate of drug-likeness (QED) is 0.685. The van der Waals surface area contributed by atoms with Gasteiger partial charge in [0.2, 0.25) is 11.4 Å². The van der Waals surface area contributed by atoms with Gasteiger partial charge in [0.05, 0.1) is 5.92 Å². The summed E-state index contributed by atoms with van der Waals surface area (Å²) >= 11 is 0. The van der Waals surface area contributed by atoms with E-state index in [-0.39, 0.29) is 0 Å². The molecule has 0 radical (unpaired) electrons. The van der Waals surface area contributed by atoms with Gasteiger partial charge >= 0.3 is 5.89 Å². The fourth-order valence-electron chi connectivity index (χ4n) is 4.63. The van der Waals surface area contributed by atoms with Gasteiger partial charge in [-0.1, -0.05) is 43.9 Å². The number of para-hydroxylation sites is 1. The number of rotatable bonds is 3. The van der Waals surface area contributed by atoms with Gasteiger partial charge in [0, 0.05) is 24.5 Å². The van der Waals surface area contributed by atoms with Crippen molar-refractivity contribution in [3.8, 4) is 5.69 Å². The van der Waals surface area contributed by atoms with Crippen molar-refractivity contribution >= 4 is 0 Å². The van der Waals surface area contributed by atoms with Crippen LogP contribution in [0.25, 0.3) is 5.69 Å². The monoisotopic (exact) mass is 310 g/mol. The molecule has 2 aliphatic carbocycles. The number of aromatic nitrogens is 1.